The van der Waals surface area contributed by atoms with Crippen LogP contribution in [0.25, 0.3) is 0 Å². The molecular formula is C142H268N6. The maximum atomic E-state index is 6.29. The molecule has 0 saturated heterocycles. The summed E-state index contributed by atoms with van der Waals surface area (Å²) in [4.78, 5) is 0. The summed E-state index contributed by atoms with van der Waals surface area (Å²) < 4.78 is 0. The molecule has 866 valence electrons. The third-order valence-corrected chi connectivity index (χ3v) is 41.6. The summed E-state index contributed by atoms with van der Waals surface area (Å²) in [5.74, 6) is 33.3. The molecule has 12 fully saturated rings. The summed E-state index contributed by atoms with van der Waals surface area (Å²) >= 11 is 0. The molecule has 15 rings (SSSR count). The number of hydrogen-bond donors (Lipinski definition) is 6. The molecule has 12 saturated carbocycles. The molecular weight excluding hydrogens is 1790 g/mol. The second-order valence-electron chi connectivity index (χ2n) is 57.4. The molecule has 12 aliphatic carbocycles. The lowest BCUT2D eigenvalue weighted by atomic mass is 9.69. The fourth-order valence-electron chi connectivity index (χ4n) is 29.3. The highest BCUT2D eigenvalue weighted by Crippen LogP contribution is 2.45. The quantitative estimate of drug-likeness (QED) is 0.0633. The zero-order chi connectivity index (χ0) is 110. The molecule has 3 aromatic rings. The van der Waals surface area contributed by atoms with Crippen LogP contribution in [0, 0.1) is 213 Å². The summed E-state index contributed by atoms with van der Waals surface area (Å²) in [6, 6.07) is 36.3. The van der Waals surface area contributed by atoms with E-state index in [0.29, 0.717) is 30.0 Å². The van der Waals surface area contributed by atoms with Crippen LogP contribution in [0.4, 0.5) is 0 Å². The molecule has 6 unspecified atom stereocenters. The van der Waals surface area contributed by atoms with Crippen LogP contribution in [0.3, 0.4) is 0 Å². The second-order valence-corrected chi connectivity index (χ2v) is 57.4. The third kappa shape index (κ3) is 57.2. The Morgan fingerprint density at radius 3 is 0.628 bits per heavy atom. The maximum absolute atomic E-state index is 6.29. The molecule has 0 aromatic heterocycles. The average molecular weight is 2060 g/mol. The highest BCUT2D eigenvalue weighted by molar-refractivity contribution is 5.18. The van der Waals surface area contributed by atoms with E-state index >= 15 is 0 Å². The first-order valence-electron chi connectivity index (χ1n) is 65.0. The van der Waals surface area contributed by atoms with Gasteiger partial charge in [0, 0.05) is 36.3 Å². The van der Waals surface area contributed by atoms with Crippen molar-refractivity contribution in [1.29, 1.82) is 0 Å². The molecule has 6 nitrogen and oxygen atoms in total. The lowest BCUT2D eigenvalue weighted by Gasteiger charge is -2.36. The summed E-state index contributed by atoms with van der Waals surface area (Å²) in [5, 5.41) is 10.1. The third-order valence-electron chi connectivity index (χ3n) is 41.6. The van der Waals surface area contributed by atoms with E-state index in [1.807, 2.05) is 0 Å². The van der Waals surface area contributed by atoms with E-state index in [9.17, 15) is 0 Å². The minimum atomic E-state index is 0. The highest BCUT2D eigenvalue weighted by Gasteiger charge is 2.37. The Morgan fingerprint density at radius 2 is 0.405 bits per heavy atom. The Balaban J connectivity index is 0.000000417. The molecule has 0 heterocycles. The van der Waals surface area contributed by atoms with Crippen LogP contribution in [-0.4, -0.2) is 57.4 Å². The van der Waals surface area contributed by atoms with Crippen LogP contribution >= 0.6 is 0 Å². The van der Waals surface area contributed by atoms with Crippen LogP contribution in [0.15, 0.2) is 91.0 Å². The Kier molecular flexibility index (Phi) is 73.4. The molecule has 3 aromatic carbocycles. The molecule has 6 heteroatoms. The number of rotatable bonds is 21. The van der Waals surface area contributed by atoms with E-state index in [-0.39, 0.29) is 7.43 Å². The van der Waals surface area contributed by atoms with E-state index in [1.54, 1.807) is 0 Å². The average Bonchev–Trinajstić information content (AvgIpc) is 0.836. The SMILES string of the molecule is C.CC(C)C1CCC(N)C(Cc2ccccc2)C1.CC(C)[C@@H]1CC[C@@H](C)[C@H](Cc2ccccc2)C1.CC(C)[C@@H]1CC[C@@H](N)C[C@@H]1C.CC(C)[C@H]1CC[C@@H](C)C[C@H]1C.CC(C)[C@H]1CC[C@@H](N)[C@@H](Cc2ccccc2)C1.CC1CCC(C(C)C)C(C)C1.CC1CCC(C(C)C)CC1.CC1CCC(C(C)C)CC1.CC1CCC(C(C)C)CC1.CNC1CCC(C(C)C)CC1.CNC1CCC(C(C)C)CC1.CNC1CCC(C(C)C)CC1. The molecule has 0 amide bonds. The highest BCUT2D eigenvalue weighted by atomic mass is 14.9. The van der Waals surface area contributed by atoms with Gasteiger partial charge in [0.05, 0.1) is 0 Å². The van der Waals surface area contributed by atoms with Gasteiger partial charge in [0.2, 0.25) is 0 Å². The number of hydrogen-bond acceptors (Lipinski definition) is 6. The van der Waals surface area contributed by atoms with Gasteiger partial charge in [0.15, 0.2) is 0 Å². The van der Waals surface area contributed by atoms with E-state index in [2.05, 4.69) is 357 Å². The Hall–Kier alpha value is -2.58. The van der Waals surface area contributed by atoms with Crippen LogP contribution < -0.4 is 33.2 Å². The summed E-state index contributed by atoms with van der Waals surface area (Å²) in [7, 11) is 6.25. The van der Waals surface area contributed by atoms with Crippen molar-refractivity contribution in [2.24, 2.45) is 230 Å². The van der Waals surface area contributed by atoms with E-state index in [1.165, 1.54) is 293 Å². The number of nitrogens with one attached hydrogen (secondary N) is 3. The Labute approximate surface area is 929 Å². The van der Waals surface area contributed by atoms with Crippen molar-refractivity contribution in [3.05, 3.63) is 108 Å². The minimum Gasteiger partial charge on any atom is -0.328 e. The molecule has 9 N–H and O–H groups in total. The predicted octanol–water partition coefficient (Wildman–Crippen LogP) is 40.3. The fourth-order valence-corrected chi connectivity index (χ4v) is 29.3. The van der Waals surface area contributed by atoms with Crippen LogP contribution in [0.5, 0.6) is 0 Å². The predicted molar refractivity (Wildman–Crippen MR) is 666 cm³/mol. The Bertz CT molecular complexity index is 3130. The van der Waals surface area contributed by atoms with Gasteiger partial charge in [-0.05, 0) is 482 Å². The van der Waals surface area contributed by atoms with Gasteiger partial charge < -0.3 is 33.2 Å². The van der Waals surface area contributed by atoms with Crippen molar-refractivity contribution in [3.8, 4) is 0 Å². The Morgan fingerprint density at radius 1 is 0.203 bits per heavy atom. The van der Waals surface area contributed by atoms with Crippen molar-refractivity contribution in [1.82, 2.24) is 16.0 Å². The van der Waals surface area contributed by atoms with Crippen LogP contribution in [0.2, 0.25) is 0 Å². The summed E-state index contributed by atoms with van der Waals surface area (Å²) in [6.07, 6.45) is 62.9. The first kappa shape index (κ1) is 140. The zero-order valence-electron chi connectivity index (χ0n) is 105. The molecule has 148 heavy (non-hydrogen) atoms. The van der Waals surface area contributed by atoms with Gasteiger partial charge in [-0.3, -0.25) is 0 Å². The molecule has 0 aliphatic heterocycles. The van der Waals surface area contributed by atoms with Gasteiger partial charge in [-0.1, -0.05) is 385 Å². The lowest BCUT2D eigenvalue weighted by Crippen LogP contribution is -2.38. The number of nitrogens with two attached hydrogens (primary N) is 3. The first-order valence-corrected chi connectivity index (χ1v) is 65.0. The molecule has 12 aliphatic rings. The minimum absolute atomic E-state index is 0. The van der Waals surface area contributed by atoms with Gasteiger partial charge in [-0.15, -0.1) is 0 Å². The summed E-state index contributed by atoms with van der Waals surface area (Å²) in [5.41, 5.74) is 22.9. The normalized spacial score (nSPS) is 33.3. The largest absolute Gasteiger partial charge is 0.328 e. The standard InChI is InChI=1S/C17H26.2C16H25N.2C11H22.4C10H21N.3C10H20.CH4/c1-13(2)16-10-9-14(3)17(12-16)11-15-7-5-4-6-8-15;2*1-12(2)14-8-9-16(17)15(11-14)10-13-6-4-3-5-7-13;2*1-8(2)11-6-5-9(3)7-10(11)4;3*1-8(2)9-4-6-10(11-3)7-5-9;1-7(2)10-5-4-9(11)6-8(10)3;3*1-8(2)10-6-4-9(3)5-7-10;/h4-8,13-14,16-17H,9-12H2,1-3H3;2*3-7,12,14-16H,8-11,17H2,1-2H3;2*8-11H,5-7H2,1-4H3;3*8-11H,4-7H2,1-3H3;7-10H,4-6,11H2,1-3H3;3*8-10H,4-7H2,1-3H3;1H4/t14-,16-,17-;14-,15-,16+;;9-,10-,11-;;;;;8-,9+,10-;;;;/m10.1....0..../s1. The van der Waals surface area contributed by atoms with Crippen LogP contribution in [-0.2, 0) is 19.3 Å². The monoisotopic (exact) mass is 2060 g/mol. The van der Waals surface area contributed by atoms with Crippen molar-refractivity contribution >= 4 is 0 Å². The van der Waals surface area contributed by atoms with Gasteiger partial charge in [0.1, 0.15) is 0 Å². The summed E-state index contributed by atoms with van der Waals surface area (Å²) in [6.45, 7) is 78.2. The first-order chi connectivity index (χ1) is 69.6. The fraction of sp³-hybridized carbons (Fsp3) is 0.873. The zero-order valence-corrected chi connectivity index (χ0v) is 105. The maximum Gasteiger partial charge on any atom is 0.00705 e. The van der Waals surface area contributed by atoms with E-state index in [0.717, 1.165) is 232 Å². The lowest BCUT2D eigenvalue weighted by molar-refractivity contribution is 0.158. The molecule has 18 atom stereocenters. The van der Waals surface area contributed by atoms with Gasteiger partial charge in [0.25, 0.3) is 0 Å². The topological polar surface area (TPSA) is 114 Å². The van der Waals surface area contributed by atoms with Crippen molar-refractivity contribution in [2.45, 2.75) is 561 Å². The second kappa shape index (κ2) is 77.8. The molecule has 0 radical (unpaired) electrons. The molecule has 0 spiro atoms. The molecule has 0 bridgehead atoms. The van der Waals surface area contributed by atoms with Gasteiger partial charge in [-0.25, -0.2) is 0 Å². The van der Waals surface area contributed by atoms with Gasteiger partial charge in [-0.2, -0.15) is 0 Å². The van der Waals surface area contributed by atoms with Crippen molar-refractivity contribution in [3.63, 3.8) is 0 Å². The van der Waals surface area contributed by atoms with Crippen molar-refractivity contribution in [2.75, 3.05) is 21.1 Å². The number of benzene rings is 3. The van der Waals surface area contributed by atoms with E-state index in [4.69, 9.17) is 17.2 Å². The van der Waals surface area contributed by atoms with Gasteiger partial charge >= 0.3 is 0 Å². The van der Waals surface area contributed by atoms with Crippen molar-refractivity contribution < 1.29 is 0 Å². The van der Waals surface area contributed by atoms with Crippen LogP contribution in [0.1, 0.15) is 522 Å². The smallest absolute Gasteiger partial charge is 0.00705 e. The van der Waals surface area contributed by atoms with E-state index < -0.39 is 0 Å².